The normalized spacial score (nSPS) is 22.2. The number of rotatable bonds is 5. The molecule has 1 aromatic carbocycles. The number of hydrogen-bond donors (Lipinski definition) is 3. The number of hydrogen-bond acceptors (Lipinski definition) is 3. The van der Waals surface area contributed by atoms with Crippen LogP contribution in [0.3, 0.4) is 0 Å². The van der Waals surface area contributed by atoms with Crippen LogP contribution in [0.4, 0.5) is 13.6 Å². The maximum Gasteiger partial charge on any atom is 0.315 e. The van der Waals surface area contributed by atoms with Crippen LogP contribution >= 0.6 is 0 Å². The third-order valence-electron chi connectivity index (χ3n) is 3.92. The van der Waals surface area contributed by atoms with Gasteiger partial charge in [0.15, 0.2) is 11.6 Å². The Morgan fingerprint density at radius 3 is 2.78 bits per heavy atom. The molecule has 1 aliphatic rings. The molecule has 1 fully saturated rings. The van der Waals surface area contributed by atoms with E-state index in [2.05, 4.69) is 10.6 Å². The summed E-state index contributed by atoms with van der Waals surface area (Å²) in [6.45, 7) is 4.28. The molecular formula is C16H22F2N2O3. The van der Waals surface area contributed by atoms with Gasteiger partial charge in [-0.25, -0.2) is 13.6 Å². The van der Waals surface area contributed by atoms with Crippen molar-refractivity contribution in [3.8, 4) is 0 Å². The van der Waals surface area contributed by atoms with E-state index in [-0.39, 0.29) is 18.5 Å². The SMILES string of the molecule is CC(C)[C@H](O)CNC(=O)N[C@@H]1CCO[C@H]1c1ccc(F)c(F)c1. The van der Waals surface area contributed by atoms with Crippen LogP contribution in [0.5, 0.6) is 0 Å². The number of halogens is 2. The van der Waals surface area contributed by atoms with Crippen LogP contribution in [0.25, 0.3) is 0 Å². The quantitative estimate of drug-likeness (QED) is 0.775. The Kier molecular flexibility index (Phi) is 5.90. The number of nitrogens with one attached hydrogen (secondary N) is 2. The number of urea groups is 1. The highest BCUT2D eigenvalue weighted by molar-refractivity contribution is 5.74. The van der Waals surface area contributed by atoms with Crippen molar-refractivity contribution in [1.82, 2.24) is 10.6 Å². The maximum atomic E-state index is 13.3. The van der Waals surface area contributed by atoms with Gasteiger partial charge in [0.1, 0.15) is 6.10 Å². The van der Waals surface area contributed by atoms with Crippen molar-refractivity contribution in [2.24, 2.45) is 5.92 Å². The average molecular weight is 328 g/mol. The minimum Gasteiger partial charge on any atom is -0.391 e. The van der Waals surface area contributed by atoms with Crippen LogP contribution in [-0.2, 0) is 4.74 Å². The molecule has 0 unspecified atom stereocenters. The van der Waals surface area contributed by atoms with Gasteiger partial charge >= 0.3 is 6.03 Å². The predicted octanol–water partition coefficient (Wildman–Crippen LogP) is 2.11. The molecule has 0 aliphatic carbocycles. The van der Waals surface area contributed by atoms with E-state index in [4.69, 9.17) is 4.74 Å². The first-order valence-corrected chi connectivity index (χ1v) is 7.67. The Morgan fingerprint density at radius 1 is 1.39 bits per heavy atom. The molecule has 2 amide bonds. The van der Waals surface area contributed by atoms with Crippen LogP contribution in [0.1, 0.15) is 31.9 Å². The summed E-state index contributed by atoms with van der Waals surface area (Å²) in [5.41, 5.74) is 0.480. The molecule has 1 heterocycles. The zero-order chi connectivity index (χ0) is 17.0. The fraction of sp³-hybridized carbons (Fsp3) is 0.562. The van der Waals surface area contributed by atoms with E-state index in [1.54, 1.807) is 0 Å². The van der Waals surface area contributed by atoms with Gasteiger partial charge in [-0.3, -0.25) is 0 Å². The highest BCUT2D eigenvalue weighted by atomic mass is 19.2. The summed E-state index contributed by atoms with van der Waals surface area (Å²) < 4.78 is 31.9. The van der Waals surface area contributed by atoms with Crippen molar-refractivity contribution in [1.29, 1.82) is 0 Å². The highest BCUT2D eigenvalue weighted by Crippen LogP contribution is 2.29. The van der Waals surface area contributed by atoms with Crippen LogP contribution < -0.4 is 10.6 Å². The molecule has 3 N–H and O–H groups in total. The van der Waals surface area contributed by atoms with Crippen LogP contribution in [0.2, 0.25) is 0 Å². The molecule has 23 heavy (non-hydrogen) atoms. The number of carbonyl (C=O) groups excluding carboxylic acids is 1. The van der Waals surface area contributed by atoms with Crippen LogP contribution in [0, 0.1) is 17.6 Å². The van der Waals surface area contributed by atoms with Crippen LogP contribution in [0.15, 0.2) is 18.2 Å². The first kappa shape index (κ1) is 17.6. The van der Waals surface area contributed by atoms with E-state index in [0.717, 1.165) is 12.1 Å². The molecule has 1 aromatic rings. The van der Waals surface area contributed by atoms with Crippen molar-refractivity contribution in [2.45, 2.75) is 38.5 Å². The molecule has 0 radical (unpaired) electrons. The molecule has 7 heteroatoms. The lowest BCUT2D eigenvalue weighted by molar-refractivity contribution is 0.0987. The zero-order valence-corrected chi connectivity index (χ0v) is 13.2. The summed E-state index contributed by atoms with van der Waals surface area (Å²) in [6, 6.07) is 2.82. The Bertz CT molecular complexity index is 554. The molecule has 0 spiro atoms. The first-order valence-electron chi connectivity index (χ1n) is 7.67. The summed E-state index contributed by atoms with van der Waals surface area (Å²) >= 11 is 0. The van der Waals surface area contributed by atoms with Gasteiger partial charge in [-0.15, -0.1) is 0 Å². The number of amides is 2. The minimum absolute atomic E-state index is 0.0417. The van der Waals surface area contributed by atoms with Crippen molar-refractivity contribution < 1.29 is 23.4 Å². The predicted molar refractivity (Wildman–Crippen MR) is 80.8 cm³/mol. The summed E-state index contributed by atoms with van der Waals surface area (Å²) in [5.74, 6) is -1.82. The van der Waals surface area contributed by atoms with Crippen molar-refractivity contribution in [3.63, 3.8) is 0 Å². The monoisotopic (exact) mass is 328 g/mol. The Labute approximate surface area is 134 Å². The molecule has 0 saturated carbocycles. The van der Waals surface area contributed by atoms with Crippen molar-refractivity contribution >= 4 is 6.03 Å². The second-order valence-electron chi connectivity index (χ2n) is 6.03. The van der Waals surface area contributed by atoms with E-state index >= 15 is 0 Å². The number of aliphatic hydroxyl groups is 1. The van der Waals surface area contributed by atoms with Gasteiger partial charge in [0.05, 0.1) is 12.1 Å². The molecule has 2 rings (SSSR count). The van der Waals surface area contributed by atoms with E-state index in [1.165, 1.54) is 6.07 Å². The standard InChI is InChI=1S/C16H22F2N2O3/c1-9(2)14(21)8-19-16(22)20-13-5-6-23-15(13)10-3-4-11(17)12(18)7-10/h3-4,7,9,13-15,21H,5-6,8H2,1-2H3,(H2,19,20,22)/t13-,14-,15+/m1/s1. The number of aliphatic hydroxyl groups excluding tert-OH is 1. The number of carbonyl (C=O) groups is 1. The molecule has 5 nitrogen and oxygen atoms in total. The minimum atomic E-state index is -0.943. The Balaban J connectivity index is 1.93. The second-order valence-corrected chi connectivity index (χ2v) is 6.03. The van der Waals surface area contributed by atoms with Crippen molar-refractivity contribution in [2.75, 3.05) is 13.2 Å². The third-order valence-corrected chi connectivity index (χ3v) is 3.92. The second kappa shape index (κ2) is 7.70. The molecule has 128 valence electrons. The summed E-state index contributed by atoms with van der Waals surface area (Å²) in [4.78, 5) is 11.9. The van der Waals surface area contributed by atoms with Gasteiger partial charge in [-0.05, 0) is 30.0 Å². The van der Waals surface area contributed by atoms with E-state index in [9.17, 15) is 18.7 Å². The fourth-order valence-corrected chi connectivity index (χ4v) is 2.41. The maximum absolute atomic E-state index is 13.3. The lowest BCUT2D eigenvalue weighted by Gasteiger charge is -2.21. The molecule has 3 atom stereocenters. The van der Waals surface area contributed by atoms with Gasteiger partial charge in [-0.2, -0.15) is 0 Å². The third kappa shape index (κ3) is 4.62. The fourth-order valence-electron chi connectivity index (χ4n) is 2.41. The molecule has 0 bridgehead atoms. The van der Waals surface area contributed by atoms with E-state index in [0.29, 0.717) is 18.6 Å². The van der Waals surface area contributed by atoms with Crippen LogP contribution in [-0.4, -0.2) is 36.4 Å². The van der Waals surface area contributed by atoms with Gasteiger partial charge in [0, 0.05) is 13.2 Å². The highest BCUT2D eigenvalue weighted by Gasteiger charge is 2.31. The number of ether oxygens (including phenoxy) is 1. The lowest BCUT2D eigenvalue weighted by atomic mass is 10.0. The summed E-state index contributed by atoms with van der Waals surface area (Å²) in [6.07, 6.45) is -0.572. The Morgan fingerprint density at radius 2 is 2.13 bits per heavy atom. The summed E-state index contributed by atoms with van der Waals surface area (Å²) in [7, 11) is 0. The van der Waals surface area contributed by atoms with Gasteiger partial charge in [-0.1, -0.05) is 19.9 Å². The molecule has 1 saturated heterocycles. The smallest absolute Gasteiger partial charge is 0.315 e. The largest absolute Gasteiger partial charge is 0.391 e. The van der Waals surface area contributed by atoms with Gasteiger partial charge < -0.3 is 20.5 Å². The van der Waals surface area contributed by atoms with Gasteiger partial charge in [0.2, 0.25) is 0 Å². The Hall–Kier alpha value is -1.73. The van der Waals surface area contributed by atoms with E-state index in [1.807, 2.05) is 13.8 Å². The summed E-state index contributed by atoms with van der Waals surface area (Å²) in [5, 5.41) is 15.0. The molecular weight excluding hydrogens is 306 g/mol. The number of benzene rings is 1. The average Bonchev–Trinajstić information content (AvgIpc) is 2.95. The van der Waals surface area contributed by atoms with Gasteiger partial charge in [0.25, 0.3) is 0 Å². The topological polar surface area (TPSA) is 70.6 Å². The molecule has 0 aromatic heterocycles. The molecule has 1 aliphatic heterocycles. The first-order chi connectivity index (χ1) is 10.9. The lowest BCUT2D eigenvalue weighted by Crippen LogP contribution is -2.46. The van der Waals surface area contributed by atoms with Crippen molar-refractivity contribution in [3.05, 3.63) is 35.4 Å². The van der Waals surface area contributed by atoms with E-state index < -0.39 is 29.9 Å². The zero-order valence-electron chi connectivity index (χ0n) is 13.2.